The van der Waals surface area contributed by atoms with Gasteiger partial charge in [-0.05, 0) is 13.8 Å². The summed E-state index contributed by atoms with van der Waals surface area (Å²) in [7, 11) is -0.773. The molecule has 0 saturated carbocycles. The summed E-state index contributed by atoms with van der Waals surface area (Å²) in [6.45, 7) is 5.18. The summed E-state index contributed by atoms with van der Waals surface area (Å²) in [5, 5.41) is 0. The van der Waals surface area contributed by atoms with Crippen LogP contribution in [0.1, 0.15) is 13.8 Å². The Bertz CT molecular complexity index is 163. The maximum absolute atomic E-state index is 5.81. The van der Waals surface area contributed by atoms with E-state index in [1.807, 2.05) is 13.8 Å². The molecule has 4 nitrogen and oxygen atoms in total. The second-order valence-corrected chi connectivity index (χ2v) is 8.22. The molecular weight excluding hydrogens is 315 g/mol. The standard InChI is InChI=1S/C8H17IO4Si/c1-7-4-11-5-8(2)13-14(6-9,10-3)12-7/h7-8H,4-6H2,1-3H3. The predicted octanol–water partition coefficient (Wildman–Crippen LogP) is 1.39. The molecule has 2 unspecified atom stereocenters. The van der Waals surface area contributed by atoms with Crippen LogP contribution in [0.4, 0.5) is 0 Å². The minimum Gasteiger partial charge on any atom is -0.376 e. The Morgan fingerprint density at radius 1 is 1.29 bits per heavy atom. The summed E-state index contributed by atoms with van der Waals surface area (Å²) in [6.07, 6.45) is 0.0905. The Kier molecular flexibility index (Phi) is 5.29. The number of rotatable bonds is 2. The molecule has 1 fully saturated rings. The fraction of sp³-hybridized carbons (Fsp3) is 1.00. The van der Waals surface area contributed by atoms with E-state index in [2.05, 4.69) is 22.6 Å². The number of ether oxygens (including phenoxy) is 1. The second kappa shape index (κ2) is 5.76. The van der Waals surface area contributed by atoms with E-state index in [0.717, 1.165) is 4.05 Å². The van der Waals surface area contributed by atoms with Crippen LogP contribution >= 0.6 is 22.6 Å². The molecule has 0 radical (unpaired) electrons. The minimum atomic E-state index is -2.43. The molecule has 14 heavy (non-hydrogen) atoms. The second-order valence-electron chi connectivity index (χ2n) is 3.42. The quantitative estimate of drug-likeness (QED) is 0.435. The largest absolute Gasteiger partial charge is 0.511 e. The van der Waals surface area contributed by atoms with E-state index in [1.165, 1.54) is 0 Å². The van der Waals surface area contributed by atoms with Gasteiger partial charge >= 0.3 is 8.80 Å². The summed E-state index contributed by atoms with van der Waals surface area (Å²) in [6, 6.07) is 0. The van der Waals surface area contributed by atoms with Crippen molar-refractivity contribution in [2.75, 3.05) is 24.4 Å². The summed E-state index contributed by atoms with van der Waals surface area (Å²) >= 11 is 2.26. The van der Waals surface area contributed by atoms with Crippen molar-refractivity contribution in [3.05, 3.63) is 0 Å². The highest BCUT2D eigenvalue weighted by Crippen LogP contribution is 2.19. The Labute approximate surface area is 99.8 Å². The molecular formula is C8H17IO4Si. The van der Waals surface area contributed by atoms with Gasteiger partial charge < -0.3 is 18.0 Å². The van der Waals surface area contributed by atoms with Crippen molar-refractivity contribution in [3.8, 4) is 0 Å². The van der Waals surface area contributed by atoms with E-state index < -0.39 is 8.80 Å². The Hall–Kier alpha value is 0.787. The molecule has 0 N–H and O–H groups in total. The van der Waals surface area contributed by atoms with Crippen molar-refractivity contribution in [1.82, 2.24) is 0 Å². The van der Waals surface area contributed by atoms with Gasteiger partial charge in [0.2, 0.25) is 0 Å². The Morgan fingerprint density at radius 3 is 2.14 bits per heavy atom. The molecule has 0 aromatic heterocycles. The number of halogens is 1. The van der Waals surface area contributed by atoms with Gasteiger partial charge in [-0.2, -0.15) is 0 Å². The van der Waals surface area contributed by atoms with E-state index >= 15 is 0 Å². The lowest BCUT2D eigenvalue weighted by molar-refractivity contribution is -0.0646. The van der Waals surface area contributed by atoms with Crippen LogP contribution in [0.15, 0.2) is 0 Å². The van der Waals surface area contributed by atoms with Crippen molar-refractivity contribution < 1.29 is 18.0 Å². The van der Waals surface area contributed by atoms with Gasteiger partial charge in [0.05, 0.1) is 29.5 Å². The Balaban J connectivity index is 2.67. The molecule has 1 heterocycles. The van der Waals surface area contributed by atoms with Crippen LogP contribution in [0.3, 0.4) is 0 Å². The molecule has 0 aliphatic carbocycles. The maximum atomic E-state index is 5.81. The lowest BCUT2D eigenvalue weighted by Gasteiger charge is -2.34. The van der Waals surface area contributed by atoms with Gasteiger partial charge in [-0.15, -0.1) is 0 Å². The zero-order valence-corrected chi connectivity index (χ0v) is 11.9. The third-order valence-electron chi connectivity index (χ3n) is 1.94. The molecule has 2 atom stereocenters. The van der Waals surface area contributed by atoms with Crippen LogP contribution < -0.4 is 0 Å². The van der Waals surface area contributed by atoms with Crippen LogP contribution in [0.25, 0.3) is 0 Å². The minimum absolute atomic E-state index is 0.0453. The van der Waals surface area contributed by atoms with Gasteiger partial charge in [0.15, 0.2) is 0 Å². The zero-order valence-electron chi connectivity index (χ0n) is 8.79. The fourth-order valence-electron chi connectivity index (χ4n) is 1.32. The van der Waals surface area contributed by atoms with Crippen molar-refractivity contribution in [3.63, 3.8) is 0 Å². The SMILES string of the molecule is CO[Si]1(CI)OC(C)COCC(C)O1. The van der Waals surface area contributed by atoms with E-state index in [9.17, 15) is 0 Å². The fourth-order valence-corrected chi connectivity index (χ4v) is 5.18. The zero-order chi connectivity index (χ0) is 10.6. The molecule has 1 aliphatic rings. The molecule has 1 aliphatic heterocycles. The van der Waals surface area contributed by atoms with Crippen LogP contribution in [0.2, 0.25) is 0 Å². The highest BCUT2D eigenvalue weighted by Gasteiger charge is 2.43. The third kappa shape index (κ3) is 3.42. The van der Waals surface area contributed by atoms with Crippen molar-refractivity contribution >= 4 is 31.4 Å². The van der Waals surface area contributed by atoms with Crippen LogP contribution in [-0.2, 0) is 18.0 Å². The molecule has 0 amide bonds. The summed E-state index contributed by atoms with van der Waals surface area (Å²) in [4.78, 5) is 0. The Morgan fingerprint density at radius 2 is 1.79 bits per heavy atom. The summed E-state index contributed by atoms with van der Waals surface area (Å²) in [5.41, 5.74) is 0. The van der Waals surface area contributed by atoms with Crippen LogP contribution in [-0.4, -0.2) is 45.4 Å². The third-order valence-corrected chi connectivity index (χ3v) is 7.22. The molecule has 0 bridgehead atoms. The first-order chi connectivity index (χ1) is 6.62. The predicted molar refractivity (Wildman–Crippen MR) is 63.6 cm³/mol. The summed E-state index contributed by atoms with van der Waals surface area (Å²) < 4.78 is 23.2. The average molecular weight is 332 g/mol. The summed E-state index contributed by atoms with van der Waals surface area (Å²) in [5.74, 6) is 0. The highest BCUT2D eigenvalue weighted by molar-refractivity contribution is 14.1. The van der Waals surface area contributed by atoms with Crippen molar-refractivity contribution in [1.29, 1.82) is 0 Å². The van der Waals surface area contributed by atoms with Gasteiger partial charge in [-0.1, -0.05) is 22.6 Å². The molecule has 0 aromatic carbocycles. The maximum Gasteiger partial charge on any atom is 0.511 e. The van der Waals surface area contributed by atoms with Gasteiger partial charge in [-0.3, -0.25) is 0 Å². The van der Waals surface area contributed by atoms with E-state index in [0.29, 0.717) is 13.2 Å². The topological polar surface area (TPSA) is 36.9 Å². The molecule has 1 rings (SSSR count). The van der Waals surface area contributed by atoms with E-state index in [4.69, 9.17) is 18.0 Å². The van der Waals surface area contributed by atoms with Gasteiger partial charge in [-0.25, -0.2) is 0 Å². The molecule has 6 heteroatoms. The first-order valence-corrected chi connectivity index (χ1v) is 8.12. The van der Waals surface area contributed by atoms with E-state index in [-0.39, 0.29) is 12.2 Å². The normalized spacial score (nSPS) is 40.3. The number of hydrogen-bond acceptors (Lipinski definition) is 4. The number of alkyl halides is 1. The lowest BCUT2D eigenvalue weighted by Crippen LogP contribution is -2.54. The molecule has 1 saturated heterocycles. The van der Waals surface area contributed by atoms with Crippen molar-refractivity contribution in [2.24, 2.45) is 0 Å². The van der Waals surface area contributed by atoms with E-state index in [1.54, 1.807) is 7.11 Å². The van der Waals surface area contributed by atoms with Crippen LogP contribution in [0, 0.1) is 0 Å². The highest BCUT2D eigenvalue weighted by atomic mass is 127. The smallest absolute Gasteiger partial charge is 0.376 e. The van der Waals surface area contributed by atoms with Crippen molar-refractivity contribution in [2.45, 2.75) is 26.1 Å². The number of hydrogen-bond donors (Lipinski definition) is 0. The average Bonchev–Trinajstić information content (AvgIpc) is 2.14. The van der Waals surface area contributed by atoms with Crippen LogP contribution in [0.5, 0.6) is 0 Å². The molecule has 84 valence electrons. The van der Waals surface area contributed by atoms with Gasteiger partial charge in [0, 0.05) is 7.11 Å². The first kappa shape index (κ1) is 12.9. The molecule has 0 aromatic rings. The first-order valence-electron chi connectivity index (χ1n) is 4.66. The van der Waals surface area contributed by atoms with Gasteiger partial charge in [0.1, 0.15) is 0 Å². The lowest BCUT2D eigenvalue weighted by atomic mass is 10.4. The molecule has 0 spiro atoms. The monoisotopic (exact) mass is 332 g/mol. The van der Waals surface area contributed by atoms with Gasteiger partial charge in [0.25, 0.3) is 0 Å².